The number of amides is 2. The average Bonchev–Trinajstić information content (AvgIpc) is 2.96. The molecule has 0 aliphatic heterocycles. The highest BCUT2D eigenvalue weighted by Crippen LogP contribution is 2.26. The molecule has 0 unspecified atom stereocenters. The van der Waals surface area contributed by atoms with Gasteiger partial charge in [0.1, 0.15) is 5.76 Å². The molecule has 1 aromatic carbocycles. The van der Waals surface area contributed by atoms with Gasteiger partial charge >= 0.3 is 0 Å². The number of aryl methyl sites for hydroxylation is 1. The summed E-state index contributed by atoms with van der Waals surface area (Å²) in [6.07, 6.45) is 0. The third kappa shape index (κ3) is 4.85. The second-order valence-electron chi connectivity index (χ2n) is 5.18. The Morgan fingerprint density at radius 1 is 1.30 bits per heavy atom. The molecule has 6 nitrogen and oxygen atoms in total. The molecular formula is C16H19N3O3S. The molecule has 0 saturated carbocycles. The lowest BCUT2D eigenvalue weighted by molar-refractivity contribution is -0.127. The molecular weight excluding hydrogens is 314 g/mol. The summed E-state index contributed by atoms with van der Waals surface area (Å²) < 4.78 is 5.03. The minimum atomic E-state index is -0.264. The van der Waals surface area contributed by atoms with Crippen molar-refractivity contribution in [2.24, 2.45) is 0 Å². The molecule has 2 rings (SSSR count). The van der Waals surface area contributed by atoms with Crippen molar-refractivity contribution in [3.8, 4) is 0 Å². The Labute approximate surface area is 139 Å². The van der Waals surface area contributed by atoms with Crippen LogP contribution in [0, 0.1) is 6.92 Å². The fourth-order valence-electron chi connectivity index (χ4n) is 1.83. The first-order chi connectivity index (χ1) is 11.0. The Hall–Kier alpha value is -2.28. The van der Waals surface area contributed by atoms with Crippen LogP contribution in [0.3, 0.4) is 0 Å². The predicted molar refractivity (Wildman–Crippen MR) is 88.3 cm³/mol. The van der Waals surface area contributed by atoms with Crippen molar-refractivity contribution in [1.82, 2.24) is 15.4 Å². The number of likely N-dealkylation sites (N-methyl/N-ethyl adjacent to an activating group) is 1. The summed E-state index contributed by atoms with van der Waals surface area (Å²) >= 11 is 1.50. The molecule has 23 heavy (non-hydrogen) atoms. The van der Waals surface area contributed by atoms with E-state index in [4.69, 9.17) is 4.52 Å². The molecule has 0 aliphatic rings. The summed E-state index contributed by atoms with van der Waals surface area (Å²) in [5, 5.41) is 6.58. The minimum Gasteiger partial charge on any atom is -0.361 e. The quantitative estimate of drug-likeness (QED) is 0.819. The number of thioether (sulfide) groups is 1. The van der Waals surface area contributed by atoms with Crippen LogP contribution in [0.2, 0.25) is 0 Å². The lowest BCUT2D eigenvalue weighted by Crippen LogP contribution is -2.36. The highest BCUT2D eigenvalue weighted by atomic mass is 32.2. The highest BCUT2D eigenvalue weighted by Gasteiger charge is 2.14. The van der Waals surface area contributed by atoms with Crippen LogP contribution < -0.4 is 5.32 Å². The molecule has 122 valence electrons. The van der Waals surface area contributed by atoms with Gasteiger partial charge in [0.05, 0.1) is 17.8 Å². The van der Waals surface area contributed by atoms with Gasteiger partial charge in [-0.05, 0) is 19.1 Å². The fraction of sp³-hybridized carbons (Fsp3) is 0.312. The number of nitrogens with one attached hydrogen (secondary N) is 1. The molecule has 0 saturated heterocycles. The third-order valence-corrected chi connectivity index (χ3v) is 4.19. The maximum atomic E-state index is 12.3. The van der Waals surface area contributed by atoms with Crippen LogP contribution in [0.1, 0.15) is 21.8 Å². The normalized spacial score (nSPS) is 10.4. The van der Waals surface area contributed by atoms with E-state index in [0.717, 1.165) is 16.3 Å². The van der Waals surface area contributed by atoms with Crippen LogP contribution in [-0.4, -0.2) is 42.5 Å². The van der Waals surface area contributed by atoms with Gasteiger partial charge in [-0.1, -0.05) is 17.3 Å². The third-order valence-electron chi connectivity index (χ3n) is 3.08. The fourth-order valence-corrected chi connectivity index (χ4v) is 2.76. The van der Waals surface area contributed by atoms with Crippen LogP contribution in [-0.2, 0) is 10.5 Å². The standard InChI is InChI=1S/C16H19N3O3S/c1-11-8-12(18-22-11)10-23-14-7-5-4-6-13(14)16(21)17-9-15(20)19(2)3/h4-8H,9-10H2,1-3H3,(H,17,21). The van der Waals surface area contributed by atoms with Gasteiger partial charge in [0.25, 0.3) is 5.91 Å². The van der Waals surface area contributed by atoms with Gasteiger partial charge in [-0.2, -0.15) is 0 Å². The van der Waals surface area contributed by atoms with Crippen LogP contribution in [0.4, 0.5) is 0 Å². The van der Waals surface area contributed by atoms with Gasteiger partial charge in [0, 0.05) is 30.8 Å². The van der Waals surface area contributed by atoms with E-state index in [9.17, 15) is 9.59 Å². The smallest absolute Gasteiger partial charge is 0.252 e. The van der Waals surface area contributed by atoms with Crippen molar-refractivity contribution in [3.05, 3.63) is 47.3 Å². The first kappa shape index (κ1) is 17.1. The molecule has 0 atom stereocenters. The van der Waals surface area contributed by atoms with E-state index in [1.165, 1.54) is 16.7 Å². The maximum Gasteiger partial charge on any atom is 0.252 e. The van der Waals surface area contributed by atoms with Crippen molar-refractivity contribution in [1.29, 1.82) is 0 Å². The number of benzene rings is 1. The molecule has 0 radical (unpaired) electrons. The number of aromatic nitrogens is 1. The average molecular weight is 333 g/mol. The second-order valence-corrected chi connectivity index (χ2v) is 6.20. The molecule has 2 aromatic rings. The van der Waals surface area contributed by atoms with Crippen LogP contribution in [0.15, 0.2) is 39.8 Å². The molecule has 0 bridgehead atoms. The Morgan fingerprint density at radius 2 is 2.04 bits per heavy atom. The van der Waals surface area contributed by atoms with Crippen molar-refractivity contribution in [2.45, 2.75) is 17.6 Å². The van der Waals surface area contributed by atoms with Crippen LogP contribution in [0.25, 0.3) is 0 Å². The van der Waals surface area contributed by atoms with Crippen molar-refractivity contribution in [3.63, 3.8) is 0 Å². The number of carbonyl (C=O) groups is 2. The highest BCUT2D eigenvalue weighted by molar-refractivity contribution is 7.98. The number of hydrogen-bond donors (Lipinski definition) is 1. The van der Waals surface area contributed by atoms with Gasteiger partial charge in [-0.25, -0.2) is 0 Å². The number of rotatable bonds is 6. The maximum absolute atomic E-state index is 12.3. The van der Waals surface area contributed by atoms with E-state index in [1.807, 2.05) is 25.1 Å². The lowest BCUT2D eigenvalue weighted by Gasteiger charge is -2.12. The number of nitrogens with zero attached hydrogens (tertiary/aromatic N) is 2. The molecule has 0 fully saturated rings. The van der Waals surface area contributed by atoms with Gasteiger partial charge in [-0.15, -0.1) is 11.8 Å². The van der Waals surface area contributed by atoms with E-state index >= 15 is 0 Å². The van der Waals surface area contributed by atoms with Gasteiger partial charge in [0.2, 0.25) is 5.91 Å². The summed E-state index contributed by atoms with van der Waals surface area (Å²) in [5.74, 6) is 0.952. The Kier molecular flexibility index (Phi) is 5.81. The SMILES string of the molecule is Cc1cc(CSc2ccccc2C(=O)NCC(=O)N(C)C)no1. The topological polar surface area (TPSA) is 75.4 Å². The second kappa shape index (κ2) is 7.82. The summed E-state index contributed by atoms with van der Waals surface area (Å²) in [7, 11) is 3.30. The van der Waals surface area contributed by atoms with E-state index in [1.54, 1.807) is 26.2 Å². The van der Waals surface area contributed by atoms with E-state index in [2.05, 4.69) is 10.5 Å². The molecule has 7 heteroatoms. The molecule has 0 spiro atoms. The van der Waals surface area contributed by atoms with E-state index in [0.29, 0.717) is 11.3 Å². The zero-order valence-electron chi connectivity index (χ0n) is 13.3. The predicted octanol–water partition coefficient (Wildman–Crippen LogP) is 2.09. The zero-order valence-corrected chi connectivity index (χ0v) is 14.1. The van der Waals surface area contributed by atoms with Crippen molar-refractivity contribution >= 4 is 23.6 Å². The summed E-state index contributed by atoms with van der Waals surface area (Å²) in [5.41, 5.74) is 1.37. The summed E-state index contributed by atoms with van der Waals surface area (Å²) in [6.45, 7) is 1.82. The summed E-state index contributed by atoms with van der Waals surface area (Å²) in [6, 6.07) is 9.16. The van der Waals surface area contributed by atoms with Gasteiger partial charge in [0.15, 0.2) is 0 Å². The van der Waals surface area contributed by atoms with Gasteiger partial charge in [-0.3, -0.25) is 9.59 Å². The molecule has 2 amide bonds. The van der Waals surface area contributed by atoms with Crippen molar-refractivity contribution < 1.29 is 14.1 Å². The zero-order chi connectivity index (χ0) is 16.8. The Morgan fingerprint density at radius 3 is 2.70 bits per heavy atom. The lowest BCUT2D eigenvalue weighted by atomic mass is 10.2. The Bertz CT molecular complexity index is 697. The van der Waals surface area contributed by atoms with E-state index < -0.39 is 0 Å². The Balaban J connectivity index is 2.01. The first-order valence-electron chi connectivity index (χ1n) is 7.09. The number of carbonyl (C=O) groups excluding carboxylic acids is 2. The minimum absolute atomic E-state index is 0.0205. The van der Waals surface area contributed by atoms with Crippen molar-refractivity contribution in [2.75, 3.05) is 20.6 Å². The summed E-state index contributed by atoms with van der Waals surface area (Å²) in [4.78, 5) is 26.1. The number of hydrogen-bond acceptors (Lipinski definition) is 5. The molecule has 1 aromatic heterocycles. The van der Waals surface area contributed by atoms with Crippen LogP contribution in [0.5, 0.6) is 0 Å². The molecule has 1 heterocycles. The van der Waals surface area contributed by atoms with Gasteiger partial charge < -0.3 is 14.7 Å². The monoisotopic (exact) mass is 333 g/mol. The molecule has 1 N–H and O–H groups in total. The van der Waals surface area contributed by atoms with Crippen LogP contribution >= 0.6 is 11.8 Å². The van der Waals surface area contributed by atoms with E-state index in [-0.39, 0.29) is 18.4 Å². The first-order valence-corrected chi connectivity index (χ1v) is 8.08. The largest absolute Gasteiger partial charge is 0.361 e. The molecule has 0 aliphatic carbocycles.